The second-order valence-corrected chi connectivity index (χ2v) is 4.33. The molecule has 5 N–H and O–H groups in total. The van der Waals surface area contributed by atoms with Gasteiger partial charge < -0.3 is 21.5 Å². The first-order chi connectivity index (χ1) is 10.0. The lowest BCUT2D eigenvalue weighted by molar-refractivity contribution is 0.0958. The maximum absolute atomic E-state index is 11.8. The Bertz CT molecular complexity index is 698. The van der Waals surface area contributed by atoms with E-state index in [2.05, 4.69) is 5.32 Å². The zero-order valence-corrected chi connectivity index (χ0v) is 11.4. The maximum atomic E-state index is 11.8. The van der Waals surface area contributed by atoms with Crippen LogP contribution >= 0.6 is 0 Å². The molecule has 0 aromatic heterocycles. The normalized spacial score (nSPS) is 9.95. The summed E-state index contributed by atoms with van der Waals surface area (Å²) in [5, 5.41) is 2.52. The number of rotatable bonds is 4. The van der Waals surface area contributed by atoms with Gasteiger partial charge in [0, 0.05) is 24.4 Å². The van der Waals surface area contributed by atoms with Crippen LogP contribution in [0.15, 0.2) is 42.5 Å². The van der Waals surface area contributed by atoms with Crippen molar-refractivity contribution in [3.63, 3.8) is 0 Å². The highest BCUT2D eigenvalue weighted by Crippen LogP contribution is 2.28. The van der Waals surface area contributed by atoms with E-state index >= 15 is 0 Å². The van der Waals surface area contributed by atoms with Crippen molar-refractivity contribution in [2.75, 3.05) is 12.8 Å². The van der Waals surface area contributed by atoms with E-state index in [1.54, 1.807) is 36.4 Å². The first-order valence-electron chi connectivity index (χ1n) is 6.20. The second kappa shape index (κ2) is 5.96. The Morgan fingerprint density at radius 1 is 1.14 bits per heavy atom. The summed E-state index contributed by atoms with van der Waals surface area (Å²) in [4.78, 5) is 23.0. The molecule has 108 valence electrons. The molecular formula is C15H15N3O3. The van der Waals surface area contributed by atoms with Gasteiger partial charge in [-0.2, -0.15) is 0 Å². The largest absolute Gasteiger partial charge is 0.456 e. The molecule has 0 heterocycles. The van der Waals surface area contributed by atoms with E-state index in [9.17, 15) is 9.59 Å². The van der Waals surface area contributed by atoms with Crippen LogP contribution in [-0.4, -0.2) is 18.9 Å². The quantitative estimate of drug-likeness (QED) is 0.740. The van der Waals surface area contributed by atoms with Crippen molar-refractivity contribution >= 4 is 17.5 Å². The zero-order chi connectivity index (χ0) is 15.4. The predicted octanol–water partition coefficient (Wildman–Crippen LogP) is 1.52. The van der Waals surface area contributed by atoms with Crippen LogP contribution in [0.1, 0.15) is 20.7 Å². The highest BCUT2D eigenvalue weighted by molar-refractivity contribution is 5.97. The highest BCUT2D eigenvalue weighted by Gasteiger charge is 2.13. The molecular weight excluding hydrogens is 270 g/mol. The van der Waals surface area contributed by atoms with E-state index in [-0.39, 0.29) is 5.91 Å². The average Bonchev–Trinajstić information content (AvgIpc) is 2.47. The van der Waals surface area contributed by atoms with Gasteiger partial charge >= 0.3 is 0 Å². The molecule has 0 saturated heterocycles. The van der Waals surface area contributed by atoms with Gasteiger partial charge in [0.05, 0.1) is 5.56 Å². The summed E-state index contributed by atoms with van der Waals surface area (Å²) in [6, 6.07) is 11.1. The summed E-state index contributed by atoms with van der Waals surface area (Å²) in [7, 11) is 1.52. The number of nitrogens with two attached hydrogens (primary N) is 2. The molecule has 21 heavy (non-hydrogen) atoms. The minimum atomic E-state index is -0.556. The minimum absolute atomic E-state index is 0.295. The zero-order valence-electron chi connectivity index (χ0n) is 11.4. The van der Waals surface area contributed by atoms with Gasteiger partial charge in [0.15, 0.2) is 0 Å². The summed E-state index contributed by atoms with van der Waals surface area (Å²) in [5.41, 5.74) is 12.1. The second-order valence-electron chi connectivity index (χ2n) is 4.33. The van der Waals surface area contributed by atoms with Gasteiger partial charge in [-0.1, -0.05) is 6.07 Å². The Balaban J connectivity index is 2.39. The molecule has 6 nitrogen and oxygen atoms in total. The number of hydrogen-bond donors (Lipinski definition) is 3. The Kier molecular flexibility index (Phi) is 4.08. The van der Waals surface area contributed by atoms with E-state index in [0.717, 1.165) is 0 Å². The van der Waals surface area contributed by atoms with Crippen LogP contribution in [0.25, 0.3) is 0 Å². The number of amides is 2. The summed E-state index contributed by atoms with van der Waals surface area (Å²) >= 11 is 0. The Morgan fingerprint density at radius 3 is 2.57 bits per heavy atom. The molecule has 0 unspecified atom stereocenters. The lowest BCUT2D eigenvalue weighted by Gasteiger charge is -2.11. The van der Waals surface area contributed by atoms with Crippen LogP contribution in [0.2, 0.25) is 0 Å². The first kappa shape index (κ1) is 14.4. The number of carbonyl (C=O) groups is 2. The smallest absolute Gasteiger partial charge is 0.254 e. The summed E-state index contributed by atoms with van der Waals surface area (Å²) in [6.07, 6.45) is 0. The van der Waals surface area contributed by atoms with Gasteiger partial charge in [-0.25, -0.2) is 0 Å². The van der Waals surface area contributed by atoms with Gasteiger partial charge in [0.25, 0.3) is 5.91 Å². The fourth-order valence-electron chi connectivity index (χ4n) is 1.79. The predicted molar refractivity (Wildman–Crippen MR) is 79.3 cm³/mol. The van der Waals surface area contributed by atoms with Crippen molar-refractivity contribution in [3.05, 3.63) is 53.6 Å². The van der Waals surface area contributed by atoms with Crippen molar-refractivity contribution < 1.29 is 14.3 Å². The Labute approximate surface area is 121 Å². The van der Waals surface area contributed by atoms with Crippen LogP contribution in [0.5, 0.6) is 11.5 Å². The Morgan fingerprint density at radius 2 is 1.90 bits per heavy atom. The molecule has 0 saturated carbocycles. The summed E-state index contributed by atoms with van der Waals surface area (Å²) < 4.78 is 5.66. The monoisotopic (exact) mass is 285 g/mol. The molecule has 0 aliphatic carbocycles. The minimum Gasteiger partial charge on any atom is -0.456 e. The third-order valence-corrected chi connectivity index (χ3v) is 2.82. The number of primary amides is 1. The molecule has 2 aromatic rings. The number of hydrogen-bond acceptors (Lipinski definition) is 4. The molecule has 0 spiro atoms. The molecule has 0 bridgehead atoms. The number of nitrogens with one attached hydrogen (secondary N) is 1. The van der Waals surface area contributed by atoms with E-state index in [1.807, 2.05) is 0 Å². The molecule has 0 atom stereocenters. The van der Waals surface area contributed by atoms with Crippen LogP contribution in [0, 0.1) is 0 Å². The summed E-state index contributed by atoms with van der Waals surface area (Å²) in [6.45, 7) is 0. The van der Waals surface area contributed by atoms with E-state index in [1.165, 1.54) is 13.1 Å². The molecule has 6 heteroatoms. The molecule has 2 amide bonds. The van der Waals surface area contributed by atoms with Crippen molar-refractivity contribution in [2.45, 2.75) is 0 Å². The first-order valence-corrected chi connectivity index (χ1v) is 6.20. The van der Waals surface area contributed by atoms with Gasteiger partial charge in [0.2, 0.25) is 5.91 Å². The fourth-order valence-corrected chi connectivity index (χ4v) is 1.79. The molecule has 2 rings (SSSR count). The lowest BCUT2D eigenvalue weighted by atomic mass is 10.1. The van der Waals surface area contributed by atoms with Crippen LogP contribution in [0.4, 0.5) is 5.69 Å². The number of anilines is 1. The molecule has 0 aliphatic heterocycles. The van der Waals surface area contributed by atoms with Gasteiger partial charge in [-0.3, -0.25) is 9.59 Å². The third kappa shape index (κ3) is 3.30. The topological polar surface area (TPSA) is 107 Å². The van der Waals surface area contributed by atoms with Crippen molar-refractivity contribution in [1.82, 2.24) is 5.32 Å². The van der Waals surface area contributed by atoms with E-state index < -0.39 is 5.91 Å². The molecule has 0 fully saturated rings. The number of ether oxygens (including phenoxy) is 1. The van der Waals surface area contributed by atoms with Gasteiger partial charge in [-0.05, 0) is 30.3 Å². The van der Waals surface area contributed by atoms with E-state index in [0.29, 0.717) is 28.3 Å². The van der Waals surface area contributed by atoms with Gasteiger partial charge in [0.1, 0.15) is 11.5 Å². The SMILES string of the molecule is CNC(=O)c1ccc(N)cc1Oc1cccc(C(N)=O)c1. The molecule has 2 aromatic carbocycles. The number of carbonyl (C=O) groups excluding carboxylic acids is 2. The Hall–Kier alpha value is -3.02. The highest BCUT2D eigenvalue weighted by atomic mass is 16.5. The maximum Gasteiger partial charge on any atom is 0.254 e. The van der Waals surface area contributed by atoms with Crippen LogP contribution in [0.3, 0.4) is 0 Å². The molecule has 0 radical (unpaired) electrons. The van der Waals surface area contributed by atoms with Crippen LogP contribution in [-0.2, 0) is 0 Å². The van der Waals surface area contributed by atoms with Crippen molar-refractivity contribution in [2.24, 2.45) is 5.73 Å². The van der Waals surface area contributed by atoms with Crippen molar-refractivity contribution in [3.8, 4) is 11.5 Å². The standard InChI is InChI=1S/C15H15N3O3/c1-18-15(20)12-6-5-10(16)8-13(12)21-11-4-2-3-9(7-11)14(17)19/h2-8H,16H2,1H3,(H2,17,19)(H,18,20). The fraction of sp³-hybridized carbons (Fsp3) is 0.0667. The average molecular weight is 285 g/mol. The lowest BCUT2D eigenvalue weighted by Crippen LogP contribution is -2.18. The number of benzene rings is 2. The third-order valence-electron chi connectivity index (χ3n) is 2.82. The van der Waals surface area contributed by atoms with Crippen molar-refractivity contribution in [1.29, 1.82) is 0 Å². The number of nitrogen functional groups attached to an aromatic ring is 1. The van der Waals surface area contributed by atoms with Crippen LogP contribution < -0.4 is 21.5 Å². The summed E-state index contributed by atoms with van der Waals surface area (Å²) in [5.74, 6) is -0.159. The molecule has 0 aliphatic rings. The van der Waals surface area contributed by atoms with Gasteiger partial charge in [-0.15, -0.1) is 0 Å². The van der Waals surface area contributed by atoms with E-state index in [4.69, 9.17) is 16.2 Å².